The molecule has 0 saturated heterocycles. The summed E-state index contributed by atoms with van der Waals surface area (Å²) >= 11 is 0. The van der Waals surface area contributed by atoms with E-state index in [0.717, 1.165) is 18.4 Å². The Labute approximate surface area is 147 Å². The first-order chi connectivity index (χ1) is 12.1. The molecule has 0 aliphatic heterocycles. The number of nitrogens with one attached hydrogen (secondary N) is 1. The quantitative estimate of drug-likeness (QED) is 0.850. The molecule has 0 heterocycles. The van der Waals surface area contributed by atoms with Crippen LogP contribution in [0.15, 0.2) is 54.6 Å². The van der Waals surface area contributed by atoms with E-state index in [0.29, 0.717) is 11.3 Å². The van der Waals surface area contributed by atoms with Crippen LogP contribution in [0.4, 0.5) is 5.69 Å². The SMILES string of the molecule is CN(C(=O)C1CC1)c1ccccc1C(=O)N[C@H](CO)c1ccccc1. The van der Waals surface area contributed by atoms with Gasteiger partial charge in [-0.2, -0.15) is 0 Å². The zero-order chi connectivity index (χ0) is 17.8. The second-order valence-corrected chi connectivity index (χ2v) is 6.31. The van der Waals surface area contributed by atoms with Gasteiger partial charge in [0, 0.05) is 13.0 Å². The Hall–Kier alpha value is -2.66. The van der Waals surface area contributed by atoms with Crippen LogP contribution >= 0.6 is 0 Å². The number of aliphatic hydroxyl groups is 1. The number of aliphatic hydroxyl groups excluding tert-OH is 1. The summed E-state index contributed by atoms with van der Waals surface area (Å²) in [5, 5.41) is 12.5. The molecule has 2 aromatic rings. The fourth-order valence-electron chi connectivity index (χ4n) is 2.84. The minimum absolute atomic E-state index is 0.0435. The molecule has 1 saturated carbocycles. The van der Waals surface area contributed by atoms with Gasteiger partial charge in [0.25, 0.3) is 5.91 Å². The molecule has 2 amide bonds. The summed E-state index contributed by atoms with van der Waals surface area (Å²) in [5.41, 5.74) is 1.84. The van der Waals surface area contributed by atoms with Gasteiger partial charge >= 0.3 is 0 Å². The molecular formula is C20H22N2O3. The van der Waals surface area contributed by atoms with Gasteiger partial charge in [-0.3, -0.25) is 9.59 Å². The molecule has 3 rings (SSSR count). The van der Waals surface area contributed by atoms with Crippen LogP contribution in [-0.2, 0) is 4.79 Å². The molecule has 1 aliphatic carbocycles. The summed E-state index contributed by atoms with van der Waals surface area (Å²) in [6, 6.07) is 15.9. The summed E-state index contributed by atoms with van der Waals surface area (Å²) in [6.07, 6.45) is 1.83. The lowest BCUT2D eigenvalue weighted by molar-refractivity contribution is -0.119. The third-order valence-corrected chi connectivity index (χ3v) is 4.46. The smallest absolute Gasteiger partial charge is 0.253 e. The Morgan fingerprint density at radius 1 is 1.12 bits per heavy atom. The van der Waals surface area contributed by atoms with Gasteiger partial charge in [0.2, 0.25) is 5.91 Å². The van der Waals surface area contributed by atoms with Crippen molar-refractivity contribution in [2.75, 3.05) is 18.6 Å². The van der Waals surface area contributed by atoms with Gasteiger partial charge in [0.1, 0.15) is 0 Å². The molecule has 25 heavy (non-hydrogen) atoms. The number of amides is 2. The Morgan fingerprint density at radius 3 is 2.40 bits per heavy atom. The number of hydrogen-bond acceptors (Lipinski definition) is 3. The van der Waals surface area contributed by atoms with Crippen molar-refractivity contribution in [1.29, 1.82) is 0 Å². The molecule has 1 aliphatic rings. The molecule has 0 aromatic heterocycles. The highest BCUT2D eigenvalue weighted by molar-refractivity contribution is 6.05. The van der Waals surface area contributed by atoms with Gasteiger partial charge in [-0.05, 0) is 30.5 Å². The van der Waals surface area contributed by atoms with Gasteiger partial charge < -0.3 is 15.3 Å². The first-order valence-corrected chi connectivity index (χ1v) is 8.45. The lowest BCUT2D eigenvalue weighted by Crippen LogP contribution is -2.34. The number of benzene rings is 2. The zero-order valence-electron chi connectivity index (χ0n) is 14.2. The van der Waals surface area contributed by atoms with Crippen LogP contribution in [0, 0.1) is 5.92 Å². The first kappa shape index (κ1) is 17.2. The number of nitrogens with zero attached hydrogens (tertiary/aromatic N) is 1. The van der Waals surface area contributed by atoms with Crippen LogP contribution in [0.1, 0.15) is 34.8 Å². The minimum Gasteiger partial charge on any atom is -0.394 e. The van der Waals surface area contributed by atoms with E-state index in [1.165, 1.54) is 0 Å². The first-order valence-electron chi connectivity index (χ1n) is 8.45. The Balaban J connectivity index is 1.81. The fourth-order valence-corrected chi connectivity index (χ4v) is 2.84. The van der Waals surface area contributed by atoms with E-state index in [2.05, 4.69) is 5.32 Å². The number of hydrogen-bond donors (Lipinski definition) is 2. The maximum absolute atomic E-state index is 12.8. The predicted molar refractivity (Wildman–Crippen MR) is 96.3 cm³/mol. The highest BCUT2D eigenvalue weighted by atomic mass is 16.3. The van der Waals surface area contributed by atoms with Crippen molar-refractivity contribution in [2.45, 2.75) is 18.9 Å². The summed E-state index contributed by atoms with van der Waals surface area (Å²) in [5.74, 6) is -0.188. The van der Waals surface area contributed by atoms with Crippen LogP contribution in [-0.4, -0.2) is 30.6 Å². The summed E-state index contributed by atoms with van der Waals surface area (Å²) in [6.45, 7) is -0.200. The van der Waals surface area contributed by atoms with Crippen LogP contribution in [0.2, 0.25) is 0 Å². The highest BCUT2D eigenvalue weighted by Gasteiger charge is 2.33. The third kappa shape index (κ3) is 3.88. The van der Waals surface area contributed by atoms with E-state index in [-0.39, 0.29) is 24.3 Å². The summed E-state index contributed by atoms with van der Waals surface area (Å²) in [4.78, 5) is 26.7. The van der Waals surface area contributed by atoms with E-state index in [1.54, 1.807) is 30.1 Å². The van der Waals surface area contributed by atoms with E-state index in [1.807, 2.05) is 36.4 Å². The number of rotatable bonds is 6. The lowest BCUT2D eigenvalue weighted by atomic mass is 10.1. The predicted octanol–water partition coefficient (Wildman–Crippen LogP) is 2.52. The van der Waals surface area contributed by atoms with Crippen molar-refractivity contribution in [3.63, 3.8) is 0 Å². The molecular weight excluding hydrogens is 316 g/mol. The fraction of sp³-hybridized carbons (Fsp3) is 0.300. The minimum atomic E-state index is -0.494. The van der Waals surface area contributed by atoms with Crippen LogP contribution in [0.25, 0.3) is 0 Å². The molecule has 130 valence electrons. The Bertz CT molecular complexity index is 757. The van der Waals surface area contributed by atoms with Gasteiger partial charge in [0.05, 0.1) is 23.9 Å². The molecule has 1 fully saturated rings. The van der Waals surface area contributed by atoms with Gasteiger partial charge in [-0.1, -0.05) is 42.5 Å². The van der Waals surface area contributed by atoms with Crippen molar-refractivity contribution in [1.82, 2.24) is 5.32 Å². The van der Waals surface area contributed by atoms with Gasteiger partial charge in [0.15, 0.2) is 0 Å². The van der Waals surface area contributed by atoms with Crippen molar-refractivity contribution in [3.8, 4) is 0 Å². The normalized spacial score (nSPS) is 14.6. The zero-order valence-corrected chi connectivity index (χ0v) is 14.2. The van der Waals surface area contributed by atoms with Gasteiger partial charge in [-0.25, -0.2) is 0 Å². The van der Waals surface area contributed by atoms with Crippen LogP contribution in [0.3, 0.4) is 0 Å². The van der Waals surface area contributed by atoms with E-state index < -0.39 is 6.04 Å². The molecule has 2 N–H and O–H groups in total. The van der Waals surface area contributed by atoms with E-state index in [4.69, 9.17) is 0 Å². The standard InChI is InChI=1S/C20H22N2O3/c1-22(20(25)15-11-12-15)18-10-6-5-9-16(18)19(24)21-17(13-23)14-7-3-2-4-8-14/h2-10,15,17,23H,11-13H2,1H3,(H,21,24)/t17-/m1/s1. The second-order valence-electron chi connectivity index (χ2n) is 6.31. The maximum Gasteiger partial charge on any atom is 0.253 e. The average Bonchev–Trinajstić information content (AvgIpc) is 3.50. The van der Waals surface area contributed by atoms with E-state index >= 15 is 0 Å². The topological polar surface area (TPSA) is 69.6 Å². The summed E-state index contributed by atoms with van der Waals surface area (Å²) < 4.78 is 0. The number of carbonyl (C=O) groups excluding carboxylic acids is 2. The van der Waals surface area contributed by atoms with Gasteiger partial charge in [-0.15, -0.1) is 0 Å². The Morgan fingerprint density at radius 2 is 1.76 bits per heavy atom. The van der Waals surface area contributed by atoms with Crippen LogP contribution < -0.4 is 10.2 Å². The van der Waals surface area contributed by atoms with Crippen molar-refractivity contribution in [2.24, 2.45) is 5.92 Å². The average molecular weight is 338 g/mol. The number of anilines is 1. The molecule has 1 atom stereocenters. The monoisotopic (exact) mass is 338 g/mol. The molecule has 0 radical (unpaired) electrons. The van der Waals surface area contributed by atoms with Crippen molar-refractivity contribution < 1.29 is 14.7 Å². The highest BCUT2D eigenvalue weighted by Crippen LogP contribution is 2.33. The molecule has 0 bridgehead atoms. The molecule has 5 nitrogen and oxygen atoms in total. The number of carbonyl (C=O) groups is 2. The van der Waals surface area contributed by atoms with Crippen molar-refractivity contribution in [3.05, 3.63) is 65.7 Å². The third-order valence-electron chi connectivity index (χ3n) is 4.46. The molecule has 2 aromatic carbocycles. The molecule has 5 heteroatoms. The lowest BCUT2D eigenvalue weighted by Gasteiger charge is -2.22. The molecule has 0 spiro atoms. The largest absolute Gasteiger partial charge is 0.394 e. The van der Waals surface area contributed by atoms with Crippen molar-refractivity contribution >= 4 is 17.5 Å². The Kier molecular flexibility index (Phi) is 5.14. The molecule has 0 unspecified atom stereocenters. The number of para-hydroxylation sites is 1. The summed E-state index contributed by atoms with van der Waals surface area (Å²) in [7, 11) is 1.70. The second kappa shape index (κ2) is 7.49. The van der Waals surface area contributed by atoms with Crippen LogP contribution in [0.5, 0.6) is 0 Å². The van der Waals surface area contributed by atoms with E-state index in [9.17, 15) is 14.7 Å². The maximum atomic E-state index is 12.8.